The SMILES string of the molecule is CCOc1cc(/C=N/NC(=O)c2cc(-c3ccncc3)nc3ccccc23)cc(Br)c1OCC(=O)N(C)C. The Balaban J connectivity index is 1.57. The van der Waals surface area contributed by atoms with Crippen molar-refractivity contribution in [1.29, 1.82) is 0 Å². The lowest BCUT2D eigenvalue weighted by Crippen LogP contribution is -2.27. The molecule has 0 bridgehead atoms. The van der Waals surface area contributed by atoms with Crippen LogP contribution >= 0.6 is 15.9 Å². The summed E-state index contributed by atoms with van der Waals surface area (Å²) in [4.78, 5) is 35.3. The maximum absolute atomic E-state index is 13.2. The molecule has 0 aliphatic rings. The standard InChI is InChI=1S/C28H26BrN5O4/c1-4-37-25-14-18(13-22(29)27(25)38-17-26(35)34(2)3)16-31-33-28(36)21-15-24(19-9-11-30-12-10-19)32-23-8-6-5-7-20(21)23/h5-16H,4,17H2,1-3H3,(H,33,36)/b31-16+. The van der Waals surface area contributed by atoms with Crippen molar-refractivity contribution in [1.82, 2.24) is 20.3 Å². The second kappa shape index (κ2) is 12.3. The number of fused-ring (bicyclic) bond motifs is 1. The van der Waals surface area contributed by atoms with Crippen LogP contribution in [-0.2, 0) is 4.79 Å². The summed E-state index contributed by atoms with van der Waals surface area (Å²) in [5.74, 6) is 0.309. The number of likely N-dealkylation sites (N-methyl/N-ethyl adjacent to an activating group) is 1. The average molecular weight is 576 g/mol. The van der Waals surface area contributed by atoms with Crippen LogP contribution in [0.4, 0.5) is 0 Å². The van der Waals surface area contributed by atoms with Crippen LogP contribution in [0.2, 0.25) is 0 Å². The molecule has 0 atom stereocenters. The van der Waals surface area contributed by atoms with Gasteiger partial charge in [-0.1, -0.05) is 18.2 Å². The van der Waals surface area contributed by atoms with E-state index in [-0.39, 0.29) is 18.4 Å². The van der Waals surface area contributed by atoms with E-state index in [0.29, 0.717) is 50.3 Å². The molecule has 2 amide bonds. The summed E-state index contributed by atoms with van der Waals surface area (Å²) in [5.41, 5.74) is 5.93. The number of hydrogen-bond donors (Lipinski definition) is 1. The molecule has 0 fully saturated rings. The molecule has 0 radical (unpaired) electrons. The minimum atomic E-state index is -0.374. The van der Waals surface area contributed by atoms with Gasteiger partial charge in [0.05, 0.1) is 34.1 Å². The second-order valence-electron chi connectivity index (χ2n) is 8.35. The number of carbonyl (C=O) groups is 2. The third kappa shape index (κ3) is 6.33. The molecule has 0 aliphatic heterocycles. The number of nitrogens with one attached hydrogen (secondary N) is 1. The number of carbonyl (C=O) groups excluding carboxylic acids is 2. The Labute approximate surface area is 228 Å². The third-order valence-corrected chi connectivity index (χ3v) is 6.08. The monoisotopic (exact) mass is 575 g/mol. The number of para-hydroxylation sites is 1. The number of benzene rings is 2. The van der Waals surface area contributed by atoms with Gasteiger partial charge in [0.15, 0.2) is 18.1 Å². The van der Waals surface area contributed by atoms with Crippen LogP contribution in [0.15, 0.2) is 76.6 Å². The highest BCUT2D eigenvalue weighted by Gasteiger charge is 2.16. The lowest BCUT2D eigenvalue weighted by atomic mass is 10.0. The number of pyridine rings is 2. The number of amides is 2. The minimum absolute atomic E-state index is 0.128. The molecule has 0 aliphatic carbocycles. The molecule has 4 aromatic rings. The number of nitrogens with zero attached hydrogens (tertiary/aromatic N) is 4. The lowest BCUT2D eigenvalue weighted by molar-refractivity contribution is -0.130. The van der Waals surface area contributed by atoms with Crippen molar-refractivity contribution in [2.45, 2.75) is 6.92 Å². The normalized spacial score (nSPS) is 10.9. The van der Waals surface area contributed by atoms with Gasteiger partial charge in [-0.25, -0.2) is 10.4 Å². The molecule has 2 aromatic heterocycles. The summed E-state index contributed by atoms with van der Waals surface area (Å²) < 4.78 is 12.0. The Kier molecular flexibility index (Phi) is 8.65. The summed E-state index contributed by atoms with van der Waals surface area (Å²) in [6, 6.07) is 16.4. The first-order chi connectivity index (χ1) is 18.4. The van der Waals surface area contributed by atoms with Crippen molar-refractivity contribution >= 4 is 44.9 Å². The molecule has 0 unspecified atom stereocenters. The highest BCUT2D eigenvalue weighted by Crippen LogP contribution is 2.36. The fraction of sp³-hybridized carbons (Fsp3) is 0.179. The van der Waals surface area contributed by atoms with Gasteiger partial charge in [0.1, 0.15) is 0 Å². The average Bonchev–Trinajstić information content (AvgIpc) is 2.92. The molecule has 9 nitrogen and oxygen atoms in total. The molecule has 10 heteroatoms. The van der Waals surface area contributed by atoms with Crippen LogP contribution in [0.3, 0.4) is 0 Å². The summed E-state index contributed by atoms with van der Waals surface area (Å²) in [6.07, 6.45) is 4.87. The van der Waals surface area contributed by atoms with Gasteiger partial charge in [-0.3, -0.25) is 14.6 Å². The Bertz CT molecular complexity index is 1490. The highest BCUT2D eigenvalue weighted by molar-refractivity contribution is 9.10. The second-order valence-corrected chi connectivity index (χ2v) is 9.20. The van der Waals surface area contributed by atoms with Crippen LogP contribution in [0.5, 0.6) is 11.5 Å². The first kappa shape index (κ1) is 26.7. The Hall–Kier alpha value is -4.31. The molecular weight excluding hydrogens is 550 g/mol. The number of hydrogen-bond acceptors (Lipinski definition) is 7. The summed E-state index contributed by atoms with van der Waals surface area (Å²) in [5, 5.41) is 4.88. The maximum Gasteiger partial charge on any atom is 0.272 e. The third-order valence-electron chi connectivity index (χ3n) is 5.49. The van der Waals surface area contributed by atoms with E-state index in [1.54, 1.807) is 44.7 Å². The molecule has 0 saturated carbocycles. The van der Waals surface area contributed by atoms with Crippen molar-refractivity contribution in [2.75, 3.05) is 27.3 Å². The van der Waals surface area contributed by atoms with E-state index in [1.807, 2.05) is 43.3 Å². The van der Waals surface area contributed by atoms with Gasteiger partial charge in [0.2, 0.25) is 0 Å². The quantitative estimate of drug-likeness (QED) is 0.229. The zero-order valence-electron chi connectivity index (χ0n) is 21.1. The highest BCUT2D eigenvalue weighted by atomic mass is 79.9. The fourth-order valence-corrected chi connectivity index (χ4v) is 4.16. The van der Waals surface area contributed by atoms with Gasteiger partial charge < -0.3 is 14.4 Å². The van der Waals surface area contributed by atoms with Crippen molar-refractivity contribution in [3.8, 4) is 22.8 Å². The van der Waals surface area contributed by atoms with E-state index in [4.69, 9.17) is 14.5 Å². The topological polar surface area (TPSA) is 106 Å². The fourth-order valence-electron chi connectivity index (χ4n) is 3.59. The lowest BCUT2D eigenvalue weighted by Gasteiger charge is -2.16. The van der Waals surface area contributed by atoms with Crippen LogP contribution in [-0.4, -0.2) is 60.2 Å². The molecule has 38 heavy (non-hydrogen) atoms. The first-order valence-corrected chi connectivity index (χ1v) is 12.6. The van der Waals surface area contributed by atoms with Crippen molar-refractivity contribution < 1.29 is 19.1 Å². The maximum atomic E-state index is 13.2. The molecule has 0 spiro atoms. The number of rotatable bonds is 9. The predicted molar refractivity (Wildman–Crippen MR) is 150 cm³/mol. The number of hydrazone groups is 1. The van der Waals surface area contributed by atoms with Crippen molar-refractivity contribution in [2.24, 2.45) is 5.10 Å². The van der Waals surface area contributed by atoms with Gasteiger partial charge in [-0.05, 0) is 64.8 Å². The van der Waals surface area contributed by atoms with Gasteiger partial charge in [-0.2, -0.15) is 5.10 Å². The molecule has 1 N–H and O–H groups in total. The van der Waals surface area contributed by atoms with E-state index < -0.39 is 0 Å². The summed E-state index contributed by atoms with van der Waals surface area (Å²) in [7, 11) is 3.32. The number of halogens is 1. The summed E-state index contributed by atoms with van der Waals surface area (Å²) >= 11 is 3.48. The van der Waals surface area contributed by atoms with E-state index >= 15 is 0 Å². The number of aromatic nitrogens is 2. The summed E-state index contributed by atoms with van der Waals surface area (Å²) in [6.45, 7) is 2.12. The molecular formula is C28H26BrN5O4. The Morgan fingerprint density at radius 1 is 1.08 bits per heavy atom. The van der Waals surface area contributed by atoms with E-state index in [9.17, 15) is 9.59 Å². The van der Waals surface area contributed by atoms with E-state index in [1.165, 1.54) is 11.1 Å². The van der Waals surface area contributed by atoms with Crippen LogP contribution < -0.4 is 14.9 Å². The predicted octanol–water partition coefficient (Wildman–Crippen LogP) is 4.69. The Morgan fingerprint density at radius 3 is 2.58 bits per heavy atom. The zero-order chi connectivity index (χ0) is 27.1. The van der Waals surface area contributed by atoms with Crippen LogP contribution in [0.25, 0.3) is 22.2 Å². The number of ether oxygens (including phenoxy) is 2. The molecule has 2 aromatic carbocycles. The molecule has 4 rings (SSSR count). The zero-order valence-corrected chi connectivity index (χ0v) is 22.7. The van der Waals surface area contributed by atoms with Crippen molar-refractivity contribution in [3.63, 3.8) is 0 Å². The van der Waals surface area contributed by atoms with E-state index in [0.717, 1.165) is 5.56 Å². The smallest absolute Gasteiger partial charge is 0.272 e. The Morgan fingerprint density at radius 2 is 1.84 bits per heavy atom. The molecule has 2 heterocycles. The first-order valence-electron chi connectivity index (χ1n) is 11.8. The van der Waals surface area contributed by atoms with Gasteiger partial charge in [0, 0.05) is 37.4 Å². The van der Waals surface area contributed by atoms with Crippen LogP contribution in [0.1, 0.15) is 22.8 Å². The van der Waals surface area contributed by atoms with Crippen LogP contribution in [0, 0.1) is 0 Å². The van der Waals surface area contributed by atoms with Gasteiger partial charge in [-0.15, -0.1) is 0 Å². The largest absolute Gasteiger partial charge is 0.490 e. The molecule has 0 saturated heterocycles. The van der Waals surface area contributed by atoms with E-state index in [2.05, 4.69) is 31.4 Å². The van der Waals surface area contributed by atoms with Gasteiger partial charge in [0.25, 0.3) is 11.8 Å². The van der Waals surface area contributed by atoms with Gasteiger partial charge >= 0.3 is 0 Å². The minimum Gasteiger partial charge on any atom is -0.490 e. The van der Waals surface area contributed by atoms with Crippen molar-refractivity contribution in [3.05, 3.63) is 82.6 Å². The molecule has 194 valence electrons.